The summed E-state index contributed by atoms with van der Waals surface area (Å²) in [5.74, 6) is 0.925. The first kappa shape index (κ1) is 19.2. The van der Waals surface area contributed by atoms with E-state index >= 15 is 0 Å². The van der Waals surface area contributed by atoms with Gasteiger partial charge in [-0.15, -0.1) is 10.2 Å². The van der Waals surface area contributed by atoms with Crippen LogP contribution in [0.4, 0.5) is 5.95 Å². The van der Waals surface area contributed by atoms with Gasteiger partial charge in [-0.1, -0.05) is 37.8 Å². The van der Waals surface area contributed by atoms with Crippen molar-refractivity contribution in [2.24, 2.45) is 0 Å². The second-order valence-electron chi connectivity index (χ2n) is 5.73. The monoisotopic (exact) mass is 352 g/mol. The lowest BCUT2D eigenvalue weighted by Gasteiger charge is -2.15. The molecule has 1 atom stereocenters. The first-order chi connectivity index (χ1) is 12.1. The molecule has 0 saturated heterocycles. The van der Waals surface area contributed by atoms with E-state index in [1.165, 1.54) is 7.11 Å². The molecule has 2 N–H and O–H groups in total. The molecular formula is C20H24N4O2. The second-order valence-corrected chi connectivity index (χ2v) is 5.73. The van der Waals surface area contributed by atoms with Gasteiger partial charge in [0, 0.05) is 5.56 Å². The van der Waals surface area contributed by atoms with E-state index in [0.717, 1.165) is 11.1 Å². The van der Waals surface area contributed by atoms with E-state index in [1.54, 1.807) is 18.2 Å². The van der Waals surface area contributed by atoms with Crippen molar-refractivity contribution in [1.29, 1.82) is 0 Å². The lowest BCUT2D eigenvalue weighted by molar-refractivity contribution is 0.373. The number of rotatable bonds is 5. The zero-order valence-corrected chi connectivity index (χ0v) is 14.4. The molecule has 2 aromatic carbocycles. The lowest BCUT2D eigenvalue weighted by atomic mass is 10.1. The fourth-order valence-electron chi connectivity index (χ4n) is 2.56. The molecule has 0 amide bonds. The standard InChI is InChI=1S/C19H20N4O2.CH4/c1-12(14-7-5-4-6-8-14)20-19-21-18(13(2)22-23-19)15-9-10-16(24)17(11-15)25-3;/h4-12,24H,1-3H3,(H,20,21,23);1H4/t12-;/m1./s1. The van der Waals surface area contributed by atoms with Crippen molar-refractivity contribution < 1.29 is 9.84 Å². The van der Waals surface area contributed by atoms with Crippen LogP contribution >= 0.6 is 0 Å². The molecule has 3 aromatic rings. The summed E-state index contributed by atoms with van der Waals surface area (Å²) in [7, 11) is 1.51. The summed E-state index contributed by atoms with van der Waals surface area (Å²) in [6.45, 7) is 3.89. The third-order valence-electron chi connectivity index (χ3n) is 3.95. The molecule has 26 heavy (non-hydrogen) atoms. The minimum atomic E-state index is 0. The summed E-state index contributed by atoms with van der Waals surface area (Å²) < 4.78 is 5.17. The first-order valence-electron chi connectivity index (χ1n) is 7.98. The molecule has 1 heterocycles. The Morgan fingerprint density at radius 3 is 2.50 bits per heavy atom. The summed E-state index contributed by atoms with van der Waals surface area (Å²) in [6, 6.07) is 15.2. The third kappa shape index (κ3) is 4.08. The van der Waals surface area contributed by atoms with Crippen LogP contribution in [-0.2, 0) is 0 Å². The molecule has 0 bridgehead atoms. The van der Waals surface area contributed by atoms with Crippen molar-refractivity contribution in [3.63, 3.8) is 0 Å². The van der Waals surface area contributed by atoms with E-state index in [-0.39, 0.29) is 19.2 Å². The number of phenolic OH excluding ortho intramolecular Hbond substituents is 1. The zero-order chi connectivity index (χ0) is 17.8. The van der Waals surface area contributed by atoms with E-state index < -0.39 is 0 Å². The highest BCUT2D eigenvalue weighted by Gasteiger charge is 2.13. The van der Waals surface area contributed by atoms with Gasteiger partial charge < -0.3 is 15.2 Å². The summed E-state index contributed by atoms with van der Waals surface area (Å²) in [4.78, 5) is 4.59. The van der Waals surface area contributed by atoms with Gasteiger partial charge in [-0.05, 0) is 37.6 Å². The molecule has 0 aliphatic rings. The number of aryl methyl sites for hydroxylation is 1. The van der Waals surface area contributed by atoms with Crippen LogP contribution in [0.5, 0.6) is 11.5 Å². The second kappa shape index (κ2) is 8.29. The summed E-state index contributed by atoms with van der Waals surface area (Å²) in [5, 5.41) is 21.4. The van der Waals surface area contributed by atoms with Gasteiger partial charge in [0.25, 0.3) is 0 Å². The lowest BCUT2D eigenvalue weighted by Crippen LogP contribution is -2.11. The number of hydrogen-bond acceptors (Lipinski definition) is 6. The average molecular weight is 352 g/mol. The predicted molar refractivity (Wildman–Crippen MR) is 103 cm³/mol. The minimum absolute atomic E-state index is 0. The molecule has 0 radical (unpaired) electrons. The van der Waals surface area contributed by atoms with Crippen molar-refractivity contribution >= 4 is 5.95 Å². The molecule has 0 aliphatic carbocycles. The molecule has 0 fully saturated rings. The Morgan fingerprint density at radius 1 is 1.08 bits per heavy atom. The molecule has 136 valence electrons. The number of aromatic nitrogens is 3. The van der Waals surface area contributed by atoms with Crippen molar-refractivity contribution in [2.45, 2.75) is 27.3 Å². The first-order valence-corrected chi connectivity index (χ1v) is 7.98. The Balaban J connectivity index is 0.00000243. The number of nitrogens with zero attached hydrogens (tertiary/aromatic N) is 3. The average Bonchev–Trinajstić information content (AvgIpc) is 2.64. The van der Waals surface area contributed by atoms with Gasteiger partial charge in [0.05, 0.1) is 24.5 Å². The van der Waals surface area contributed by atoms with Gasteiger partial charge in [-0.2, -0.15) is 0 Å². The van der Waals surface area contributed by atoms with Crippen LogP contribution in [0.2, 0.25) is 0 Å². The van der Waals surface area contributed by atoms with Gasteiger partial charge in [-0.3, -0.25) is 0 Å². The Hall–Kier alpha value is -3.15. The number of hydrogen-bond donors (Lipinski definition) is 2. The van der Waals surface area contributed by atoms with Crippen LogP contribution in [0.15, 0.2) is 48.5 Å². The van der Waals surface area contributed by atoms with Crippen LogP contribution in [0.25, 0.3) is 11.3 Å². The van der Waals surface area contributed by atoms with Crippen LogP contribution in [0.1, 0.15) is 31.6 Å². The third-order valence-corrected chi connectivity index (χ3v) is 3.95. The zero-order valence-electron chi connectivity index (χ0n) is 14.4. The van der Waals surface area contributed by atoms with Gasteiger partial charge in [-0.25, -0.2) is 4.98 Å². The van der Waals surface area contributed by atoms with Crippen molar-refractivity contribution in [1.82, 2.24) is 15.2 Å². The van der Waals surface area contributed by atoms with Crippen LogP contribution in [-0.4, -0.2) is 27.4 Å². The quantitative estimate of drug-likeness (QED) is 0.710. The maximum Gasteiger partial charge on any atom is 0.243 e. The minimum Gasteiger partial charge on any atom is -0.504 e. The van der Waals surface area contributed by atoms with E-state index in [0.29, 0.717) is 23.1 Å². The van der Waals surface area contributed by atoms with E-state index in [4.69, 9.17) is 4.74 Å². The summed E-state index contributed by atoms with van der Waals surface area (Å²) >= 11 is 0. The summed E-state index contributed by atoms with van der Waals surface area (Å²) in [5.41, 5.74) is 3.33. The molecular weight excluding hydrogens is 328 g/mol. The normalized spacial score (nSPS) is 11.3. The van der Waals surface area contributed by atoms with Crippen LogP contribution in [0, 0.1) is 6.92 Å². The number of benzene rings is 2. The fourth-order valence-corrected chi connectivity index (χ4v) is 2.56. The molecule has 6 nitrogen and oxygen atoms in total. The van der Waals surface area contributed by atoms with Gasteiger partial charge in [0.2, 0.25) is 5.95 Å². The van der Waals surface area contributed by atoms with E-state index in [1.807, 2.05) is 44.2 Å². The Morgan fingerprint density at radius 2 is 1.81 bits per heavy atom. The molecule has 0 saturated carbocycles. The number of aromatic hydroxyl groups is 1. The SMILES string of the molecule is C.COc1cc(-c2nc(N[C@H](C)c3ccccc3)nnc2C)ccc1O. The highest BCUT2D eigenvalue weighted by molar-refractivity contribution is 5.66. The van der Waals surface area contributed by atoms with Crippen LogP contribution in [0.3, 0.4) is 0 Å². The molecule has 0 aliphatic heterocycles. The van der Waals surface area contributed by atoms with Crippen LogP contribution < -0.4 is 10.1 Å². The number of anilines is 1. The van der Waals surface area contributed by atoms with Crippen molar-refractivity contribution in [3.05, 3.63) is 59.8 Å². The molecule has 6 heteroatoms. The molecule has 0 spiro atoms. The number of nitrogens with one attached hydrogen (secondary N) is 1. The Bertz CT molecular complexity index is 869. The smallest absolute Gasteiger partial charge is 0.243 e. The number of ether oxygens (including phenoxy) is 1. The number of methoxy groups -OCH3 is 1. The maximum absolute atomic E-state index is 9.77. The van der Waals surface area contributed by atoms with E-state index in [9.17, 15) is 5.11 Å². The van der Waals surface area contributed by atoms with Crippen molar-refractivity contribution in [3.8, 4) is 22.8 Å². The molecule has 1 aromatic heterocycles. The highest BCUT2D eigenvalue weighted by atomic mass is 16.5. The predicted octanol–water partition coefficient (Wildman–Crippen LogP) is 4.37. The Kier molecular flexibility index (Phi) is 6.11. The van der Waals surface area contributed by atoms with Gasteiger partial charge in [0.15, 0.2) is 11.5 Å². The Labute approximate surface area is 153 Å². The summed E-state index contributed by atoms with van der Waals surface area (Å²) in [6.07, 6.45) is 0. The van der Waals surface area contributed by atoms with Crippen molar-refractivity contribution in [2.75, 3.05) is 12.4 Å². The molecule has 0 unspecified atom stereocenters. The largest absolute Gasteiger partial charge is 0.504 e. The van der Waals surface area contributed by atoms with Gasteiger partial charge >= 0.3 is 0 Å². The maximum atomic E-state index is 9.77. The molecule has 3 rings (SSSR count). The topological polar surface area (TPSA) is 80.2 Å². The fraction of sp³-hybridized carbons (Fsp3) is 0.250. The van der Waals surface area contributed by atoms with E-state index in [2.05, 4.69) is 20.5 Å². The number of phenols is 1. The van der Waals surface area contributed by atoms with Gasteiger partial charge in [0.1, 0.15) is 0 Å². The highest BCUT2D eigenvalue weighted by Crippen LogP contribution is 2.31.